The van der Waals surface area contributed by atoms with Gasteiger partial charge in [-0.15, -0.1) is 11.6 Å². The van der Waals surface area contributed by atoms with Gasteiger partial charge in [-0.05, 0) is 24.3 Å². The lowest BCUT2D eigenvalue weighted by Crippen LogP contribution is -3.11. The van der Waals surface area contributed by atoms with E-state index in [0.717, 1.165) is 31.1 Å². The number of alkyl halides is 1. The smallest absolute Gasteiger partial charge is 0.137 e. The Labute approximate surface area is 149 Å². The molecule has 0 spiro atoms. The highest BCUT2D eigenvalue weighted by atomic mass is 35.5. The SMILES string of the molecule is COc1ccc(OCC[NH+](CCCl)Cc2ccccc2)cc1.[Cl-]. The third kappa shape index (κ3) is 7.12. The van der Waals surface area contributed by atoms with Crippen molar-refractivity contribution in [3.05, 3.63) is 60.2 Å². The zero-order valence-corrected chi connectivity index (χ0v) is 14.8. The fourth-order valence-corrected chi connectivity index (χ4v) is 2.57. The fraction of sp³-hybridized carbons (Fsp3) is 0.333. The summed E-state index contributed by atoms with van der Waals surface area (Å²) in [7, 11) is 1.66. The summed E-state index contributed by atoms with van der Waals surface area (Å²) in [4.78, 5) is 1.43. The van der Waals surface area contributed by atoms with Gasteiger partial charge >= 0.3 is 0 Å². The zero-order valence-electron chi connectivity index (χ0n) is 13.3. The quantitative estimate of drug-likeness (QED) is 0.607. The topological polar surface area (TPSA) is 22.9 Å². The van der Waals surface area contributed by atoms with Gasteiger partial charge in [-0.3, -0.25) is 0 Å². The van der Waals surface area contributed by atoms with E-state index in [1.54, 1.807) is 7.11 Å². The van der Waals surface area contributed by atoms with Crippen molar-refractivity contribution in [1.82, 2.24) is 0 Å². The maximum atomic E-state index is 5.92. The summed E-state index contributed by atoms with van der Waals surface area (Å²) < 4.78 is 10.9. The summed E-state index contributed by atoms with van der Waals surface area (Å²) in [6.07, 6.45) is 0. The Morgan fingerprint density at radius 3 is 2.17 bits per heavy atom. The lowest BCUT2D eigenvalue weighted by atomic mass is 10.2. The molecule has 0 bridgehead atoms. The van der Waals surface area contributed by atoms with E-state index >= 15 is 0 Å². The first-order chi connectivity index (χ1) is 10.8. The van der Waals surface area contributed by atoms with Crippen LogP contribution in [0.2, 0.25) is 0 Å². The second-order valence-corrected chi connectivity index (χ2v) is 5.50. The Bertz CT molecular complexity index is 534. The minimum absolute atomic E-state index is 0. The summed E-state index contributed by atoms with van der Waals surface area (Å²) in [5, 5.41) is 0. The number of ether oxygens (including phenoxy) is 2. The minimum Gasteiger partial charge on any atom is -1.00 e. The van der Waals surface area contributed by atoms with Crippen LogP contribution in [0.15, 0.2) is 54.6 Å². The standard InChI is InChI=1S/C18H22ClNO2.ClH/c1-21-17-7-9-18(10-8-17)22-14-13-20(12-11-19)15-16-5-3-2-4-6-16;/h2-10H,11-15H2,1H3;1H. The molecule has 5 heteroatoms. The van der Waals surface area contributed by atoms with Gasteiger partial charge in [-0.1, -0.05) is 30.3 Å². The Morgan fingerprint density at radius 2 is 1.57 bits per heavy atom. The Balaban J connectivity index is 0.00000264. The first-order valence-corrected chi connectivity index (χ1v) is 8.05. The van der Waals surface area contributed by atoms with Crippen molar-refractivity contribution in [2.75, 3.05) is 32.7 Å². The van der Waals surface area contributed by atoms with Crippen LogP contribution in [0.5, 0.6) is 11.5 Å². The number of rotatable bonds is 9. The van der Waals surface area contributed by atoms with Crippen LogP contribution in [0, 0.1) is 0 Å². The summed E-state index contributed by atoms with van der Waals surface area (Å²) in [5.41, 5.74) is 1.33. The van der Waals surface area contributed by atoms with Gasteiger partial charge in [0.1, 0.15) is 31.2 Å². The molecule has 0 fully saturated rings. The van der Waals surface area contributed by atoms with Crippen molar-refractivity contribution in [3.8, 4) is 11.5 Å². The number of benzene rings is 2. The fourth-order valence-electron chi connectivity index (χ4n) is 2.31. The number of hydrogen-bond donors (Lipinski definition) is 1. The number of quaternary nitrogens is 1. The third-order valence-corrected chi connectivity index (χ3v) is 3.72. The van der Waals surface area contributed by atoms with E-state index in [-0.39, 0.29) is 12.4 Å². The molecule has 0 aliphatic heterocycles. The van der Waals surface area contributed by atoms with Crippen LogP contribution in [0.25, 0.3) is 0 Å². The van der Waals surface area contributed by atoms with Gasteiger partial charge in [0, 0.05) is 5.56 Å². The third-order valence-electron chi connectivity index (χ3n) is 3.53. The maximum absolute atomic E-state index is 5.92. The summed E-state index contributed by atoms with van der Waals surface area (Å²) in [5.74, 6) is 2.36. The number of halogens is 2. The van der Waals surface area contributed by atoms with Gasteiger partial charge in [0.25, 0.3) is 0 Å². The monoisotopic (exact) mass is 355 g/mol. The van der Waals surface area contributed by atoms with E-state index in [1.807, 2.05) is 30.3 Å². The van der Waals surface area contributed by atoms with Crippen molar-refractivity contribution in [1.29, 1.82) is 0 Å². The minimum atomic E-state index is 0. The van der Waals surface area contributed by atoms with Gasteiger partial charge in [0.05, 0.1) is 19.5 Å². The number of methoxy groups -OCH3 is 1. The Morgan fingerprint density at radius 1 is 0.913 bits per heavy atom. The molecular formula is C18H23Cl2NO2. The molecule has 0 saturated carbocycles. The van der Waals surface area contributed by atoms with Gasteiger partial charge in [0.2, 0.25) is 0 Å². The normalized spacial score (nSPS) is 11.4. The molecule has 0 aliphatic rings. The maximum Gasteiger partial charge on any atom is 0.137 e. The van der Waals surface area contributed by atoms with Crippen molar-refractivity contribution in [3.63, 3.8) is 0 Å². The van der Waals surface area contributed by atoms with Gasteiger partial charge in [0.15, 0.2) is 0 Å². The van der Waals surface area contributed by atoms with Crippen LogP contribution in [-0.4, -0.2) is 32.7 Å². The second kappa shape index (κ2) is 11.2. The number of hydrogen-bond acceptors (Lipinski definition) is 2. The highest BCUT2D eigenvalue weighted by molar-refractivity contribution is 6.17. The predicted octanol–water partition coefficient (Wildman–Crippen LogP) is -0.598. The molecule has 1 N–H and O–H groups in total. The molecule has 0 radical (unpaired) electrons. The molecule has 2 aromatic rings. The molecule has 0 heterocycles. The molecule has 0 aromatic heterocycles. The second-order valence-electron chi connectivity index (χ2n) is 5.13. The van der Waals surface area contributed by atoms with Crippen LogP contribution in [0.3, 0.4) is 0 Å². The van der Waals surface area contributed by atoms with Crippen LogP contribution < -0.4 is 26.8 Å². The molecule has 2 aromatic carbocycles. The van der Waals surface area contributed by atoms with Gasteiger partial charge < -0.3 is 26.8 Å². The van der Waals surface area contributed by atoms with Crippen molar-refractivity contribution >= 4 is 11.6 Å². The highest BCUT2D eigenvalue weighted by Gasteiger charge is 2.09. The molecule has 3 nitrogen and oxygen atoms in total. The molecular weight excluding hydrogens is 333 g/mol. The van der Waals surface area contributed by atoms with E-state index in [2.05, 4.69) is 24.3 Å². The molecule has 1 atom stereocenters. The lowest BCUT2D eigenvalue weighted by molar-refractivity contribution is -0.911. The molecule has 2 rings (SSSR count). The molecule has 0 aliphatic carbocycles. The Hall–Kier alpha value is -1.42. The first-order valence-electron chi connectivity index (χ1n) is 7.52. The van der Waals surface area contributed by atoms with Crippen molar-refractivity contribution in [2.24, 2.45) is 0 Å². The summed E-state index contributed by atoms with van der Waals surface area (Å²) in [6, 6.07) is 18.2. The van der Waals surface area contributed by atoms with Crippen molar-refractivity contribution in [2.45, 2.75) is 6.54 Å². The average molecular weight is 356 g/mol. The van der Waals surface area contributed by atoms with Crippen LogP contribution >= 0.6 is 11.6 Å². The van der Waals surface area contributed by atoms with Gasteiger partial charge in [-0.25, -0.2) is 0 Å². The lowest BCUT2D eigenvalue weighted by Gasteiger charge is -2.19. The highest BCUT2D eigenvalue weighted by Crippen LogP contribution is 2.16. The van der Waals surface area contributed by atoms with Crippen LogP contribution in [0.4, 0.5) is 0 Å². The molecule has 23 heavy (non-hydrogen) atoms. The van der Waals surface area contributed by atoms with E-state index in [4.69, 9.17) is 21.1 Å². The van der Waals surface area contributed by atoms with Gasteiger partial charge in [-0.2, -0.15) is 0 Å². The van der Waals surface area contributed by atoms with Crippen LogP contribution in [0.1, 0.15) is 5.56 Å². The summed E-state index contributed by atoms with van der Waals surface area (Å²) >= 11 is 5.92. The van der Waals surface area contributed by atoms with E-state index in [9.17, 15) is 0 Å². The Kier molecular flexibility index (Phi) is 9.53. The molecule has 0 amide bonds. The van der Waals surface area contributed by atoms with Crippen LogP contribution in [-0.2, 0) is 6.54 Å². The van der Waals surface area contributed by atoms with E-state index in [1.165, 1.54) is 10.5 Å². The number of nitrogens with one attached hydrogen (secondary N) is 1. The first kappa shape index (κ1) is 19.6. The van der Waals surface area contributed by atoms with E-state index in [0.29, 0.717) is 12.5 Å². The molecule has 126 valence electrons. The van der Waals surface area contributed by atoms with E-state index < -0.39 is 0 Å². The molecule has 0 saturated heterocycles. The summed E-state index contributed by atoms with van der Waals surface area (Å²) in [6.45, 7) is 3.50. The predicted molar refractivity (Wildman–Crippen MR) is 90.1 cm³/mol. The molecule has 1 unspecified atom stereocenters. The largest absolute Gasteiger partial charge is 1.00 e. The zero-order chi connectivity index (χ0) is 15.6. The average Bonchev–Trinajstić information content (AvgIpc) is 2.56. The van der Waals surface area contributed by atoms with Crippen molar-refractivity contribution < 1.29 is 26.8 Å².